The van der Waals surface area contributed by atoms with Gasteiger partial charge in [-0.2, -0.15) is 31.6 Å². The van der Waals surface area contributed by atoms with Crippen LogP contribution in [-0.2, 0) is 12.4 Å². The molecular formula is C63H37F6N3. The SMILES string of the molecule is N#Cc1c(-n2c3cc(-c4ccccc4)ccc3c3ccc(-c4ccccc4)cc32)cc(-c2c(C(F)(F)F)cccc2C(F)(F)F)cc1-n1c2cc(-c3ccccc3)ccc2c2ccc(-c3ccccc3)cc21. The minimum atomic E-state index is -5.20. The van der Waals surface area contributed by atoms with E-state index in [0.29, 0.717) is 34.2 Å². The molecule has 0 saturated carbocycles. The van der Waals surface area contributed by atoms with Crippen molar-refractivity contribution < 1.29 is 26.3 Å². The van der Waals surface area contributed by atoms with Gasteiger partial charge >= 0.3 is 12.4 Å². The summed E-state index contributed by atoms with van der Waals surface area (Å²) in [6.07, 6.45) is -10.4. The van der Waals surface area contributed by atoms with Crippen LogP contribution in [0.15, 0.2) is 224 Å². The molecule has 72 heavy (non-hydrogen) atoms. The zero-order chi connectivity index (χ0) is 49.3. The summed E-state index contributed by atoms with van der Waals surface area (Å²) >= 11 is 0. The lowest BCUT2D eigenvalue weighted by Gasteiger charge is -2.22. The largest absolute Gasteiger partial charge is 0.417 e. The summed E-state index contributed by atoms with van der Waals surface area (Å²) < 4.78 is 96.2. The highest BCUT2D eigenvalue weighted by Gasteiger charge is 2.41. The molecule has 0 unspecified atom stereocenters. The molecule has 9 heteroatoms. The van der Waals surface area contributed by atoms with Gasteiger partial charge in [0.15, 0.2) is 0 Å². The van der Waals surface area contributed by atoms with Crippen molar-refractivity contribution in [2.24, 2.45) is 0 Å². The van der Waals surface area contributed by atoms with Crippen LogP contribution in [-0.4, -0.2) is 9.13 Å². The van der Waals surface area contributed by atoms with Gasteiger partial charge in [0.25, 0.3) is 0 Å². The fourth-order valence-electron chi connectivity index (χ4n) is 10.4. The number of hydrogen-bond donors (Lipinski definition) is 0. The predicted octanol–water partition coefficient (Wildman–Crippen LogP) is 18.1. The van der Waals surface area contributed by atoms with E-state index in [2.05, 4.69) is 6.07 Å². The Labute approximate surface area is 409 Å². The number of nitriles is 1. The van der Waals surface area contributed by atoms with Gasteiger partial charge in [-0.3, -0.25) is 0 Å². The molecule has 0 bridgehead atoms. The van der Waals surface area contributed by atoms with Gasteiger partial charge in [-0.05, 0) is 98.6 Å². The van der Waals surface area contributed by atoms with Gasteiger partial charge in [0, 0.05) is 27.1 Å². The molecule has 0 fully saturated rings. The van der Waals surface area contributed by atoms with Crippen LogP contribution in [0.1, 0.15) is 16.7 Å². The van der Waals surface area contributed by atoms with Gasteiger partial charge in [0.2, 0.25) is 0 Å². The summed E-state index contributed by atoms with van der Waals surface area (Å²) in [5, 5.41) is 14.9. The zero-order valence-electron chi connectivity index (χ0n) is 38.0. The second-order valence-corrected chi connectivity index (χ2v) is 17.8. The average Bonchev–Trinajstić information content (AvgIpc) is 3.91. The van der Waals surface area contributed by atoms with Crippen LogP contribution >= 0.6 is 0 Å². The molecule has 12 rings (SSSR count). The van der Waals surface area contributed by atoms with E-state index < -0.39 is 29.0 Å². The quantitative estimate of drug-likeness (QED) is 0.147. The summed E-state index contributed by atoms with van der Waals surface area (Å²) in [7, 11) is 0. The van der Waals surface area contributed by atoms with Gasteiger partial charge in [0.1, 0.15) is 11.6 Å². The van der Waals surface area contributed by atoms with E-state index in [1.807, 2.05) is 203 Å². The number of aromatic nitrogens is 2. The van der Waals surface area contributed by atoms with E-state index in [9.17, 15) is 5.26 Å². The molecular weight excluding hydrogens is 913 g/mol. The number of halogens is 6. The second kappa shape index (κ2) is 17.1. The van der Waals surface area contributed by atoms with Gasteiger partial charge in [-0.25, -0.2) is 0 Å². The molecule has 3 nitrogen and oxygen atoms in total. The van der Waals surface area contributed by atoms with E-state index in [1.165, 1.54) is 12.1 Å². The first-order chi connectivity index (χ1) is 34.9. The third kappa shape index (κ3) is 7.47. The summed E-state index contributed by atoms with van der Waals surface area (Å²) in [5.74, 6) is 0. The van der Waals surface area contributed by atoms with Crippen LogP contribution in [0.25, 0.3) is 111 Å². The maximum atomic E-state index is 15.4. The van der Waals surface area contributed by atoms with E-state index in [-0.39, 0.29) is 22.5 Å². The lowest BCUT2D eigenvalue weighted by molar-refractivity contribution is -0.142. The maximum absolute atomic E-state index is 15.4. The van der Waals surface area contributed by atoms with Crippen molar-refractivity contribution in [1.82, 2.24) is 9.13 Å². The van der Waals surface area contributed by atoms with Crippen molar-refractivity contribution in [3.63, 3.8) is 0 Å². The van der Waals surface area contributed by atoms with Crippen LogP contribution in [0.2, 0.25) is 0 Å². The smallest absolute Gasteiger partial charge is 0.308 e. The summed E-state index contributed by atoms with van der Waals surface area (Å²) in [6, 6.07) is 69.6. The van der Waals surface area contributed by atoms with Gasteiger partial charge in [0.05, 0.1) is 44.6 Å². The highest BCUT2D eigenvalue weighted by molar-refractivity contribution is 6.13. The number of rotatable bonds is 7. The maximum Gasteiger partial charge on any atom is 0.417 e. The third-order valence-corrected chi connectivity index (χ3v) is 13.6. The minimum absolute atomic E-state index is 0.0276. The molecule has 0 aliphatic carbocycles. The molecule has 346 valence electrons. The minimum Gasteiger partial charge on any atom is -0.308 e. The van der Waals surface area contributed by atoms with Crippen molar-refractivity contribution >= 4 is 43.6 Å². The van der Waals surface area contributed by atoms with Crippen molar-refractivity contribution in [2.45, 2.75) is 12.4 Å². The summed E-state index contributed by atoms with van der Waals surface area (Å²) in [5.41, 5.74) is 5.07. The second-order valence-electron chi connectivity index (χ2n) is 17.8. The Morgan fingerprint density at radius 2 is 0.597 bits per heavy atom. The normalized spacial score (nSPS) is 12.0. The Kier molecular flexibility index (Phi) is 10.5. The monoisotopic (exact) mass is 949 g/mol. The van der Waals surface area contributed by atoms with E-state index in [1.54, 1.807) is 0 Å². The first kappa shape index (κ1) is 44.1. The molecule has 0 amide bonds. The lowest BCUT2D eigenvalue weighted by Crippen LogP contribution is -2.15. The van der Waals surface area contributed by atoms with Crippen molar-refractivity contribution in [1.29, 1.82) is 5.26 Å². The van der Waals surface area contributed by atoms with Crippen LogP contribution in [0.3, 0.4) is 0 Å². The molecule has 0 saturated heterocycles. The number of alkyl halides is 6. The summed E-state index contributed by atoms with van der Waals surface area (Å²) in [4.78, 5) is 0. The Bertz CT molecular complexity index is 3660. The Hall–Kier alpha value is -9.13. The lowest BCUT2D eigenvalue weighted by atomic mass is 9.91. The van der Waals surface area contributed by atoms with E-state index in [4.69, 9.17) is 0 Å². The van der Waals surface area contributed by atoms with Crippen molar-refractivity contribution in [2.75, 3.05) is 0 Å². The zero-order valence-corrected chi connectivity index (χ0v) is 38.0. The standard InChI is InChI=1S/C63H37F6N3/c64-62(65,66)53-22-13-23-54(63(67,68)69)61(53)47-36-59(71-55-32-43(39-14-5-1-6-15-39)24-28-48(55)49-29-25-44(33-56(49)71)40-16-7-2-8-17-40)52(38-70)60(37-47)72-57-34-45(41-18-9-3-10-19-41)26-30-50(57)51-31-27-46(35-58(51)72)42-20-11-4-12-21-42/h1-37H. The topological polar surface area (TPSA) is 33.6 Å². The molecule has 12 aromatic rings. The molecule has 0 spiro atoms. The van der Waals surface area contributed by atoms with Crippen molar-refractivity contribution in [3.8, 4) is 73.1 Å². The molecule has 0 atom stereocenters. The fraction of sp³-hybridized carbons (Fsp3) is 0.0317. The molecule has 2 aromatic heterocycles. The molecule has 10 aromatic carbocycles. The highest BCUT2D eigenvalue weighted by Crippen LogP contribution is 2.48. The Balaban J connectivity index is 1.28. The number of benzene rings is 10. The fourth-order valence-corrected chi connectivity index (χ4v) is 10.4. The summed E-state index contributed by atoms with van der Waals surface area (Å²) in [6.45, 7) is 0. The number of hydrogen-bond acceptors (Lipinski definition) is 1. The number of fused-ring (bicyclic) bond motifs is 6. The molecule has 0 aliphatic rings. The van der Waals surface area contributed by atoms with Crippen LogP contribution in [0.5, 0.6) is 0 Å². The molecule has 0 radical (unpaired) electrons. The van der Waals surface area contributed by atoms with Crippen molar-refractivity contribution in [3.05, 3.63) is 241 Å². The van der Waals surface area contributed by atoms with Crippen LogP contribution in [0.4, 0.5) is 26.3 Å². The molecule has 0 N–H and O–H groups in total. The van der Waals surface area contributed by atoms with Gasteiger partial charge < -0.3 is 9.13 Å². The third-order valence-electron chi connectivity index (χ3n) is 13.6. The average molecular weight is 950 g/mol. The number of nitrogens with zero attached hydrogens (tertiary/aromatic N) is 3. The Morgan fingerprint density at radius 1 is 0.306 bits per heavy atom. The van der Waals surface area contributed by atoms with E-state index in [0.717, 1.165) is 72.1 Å². The van der Waals surface area contributed by atoms with E-state index >= 15 is 26.3 Å². The highest BCUT2D eigenvalue weighted by atomic mass is 19.4. The van der Waals surface area contributed by atoms with Crippen LogP contribution < -0.4 is 0 Å². The molecule has 2 heterocycles. The van der Waals surface area contributed by atoms with Gasteiger partial charge in [-0.1, -0.05) is 176 Å². The first-order valence-electron chi connectivity index (χ1n) is 23.2. The van der Waals surface area contributed by atoms with Crippen LogP contribution in [0, 0.1) is 11.3 Å². The Morgan fingerprint density at radius 3 is 0.861 bits per heavy atom. The van der Waals surface area contributed by atoms with Gasteiger partial charge in [-0.15, -0.1) is 0 Å². The predicted molar refractivity (Wildman–Crippen MR) is 277 cm³/mol. The molecule has 0 aliphatic heterocycles. The first-order valence-corrected chi connectivity index (χ1v) is 23.2.